The van der Waals surface area contributed by atoms with Gasteiger partial charge in [0.2, 0.25) is 0 Å². The molecule has 4 nitrogen and oxygen atoms in total. The Balaban J connectivity index is 1.89. The SMILES string of the molecule is COc1ccc2ccnc(NC3CCCNCC3)c2c1. The molecule has 1 unspecified atom stereocenters. The molecule has 2 N–H and O–H groups in total. The van der Waals surface area contributed by atoms with Gasteiger partial charge in [-0.05, 0) is 55.9 Å². The summed E-state index contributed by atoms with van der Waals surface area (Å²) in [7, 11) is 1.70. The Bertz CT molecular complexity index is 577. The third-order valence-corrected chi connectivity index (χ3v) is 3.89. The van der Waals surface area contributed by atoms with E-state index < -0.39 is 0 Å². The molecule has 0 saturated carbocycles. The zero-order chi connectivity index (χ0) is 13.8. The minimum atomic E-state index is 0.495. The van der Waals surface area contributed by atoms with Gasteiger partial charge in [0.15, 0.2) is 0 Å². The number of rotatable bonds is 3. The predicted octanol–water partition coefficient (Wildman–Crippen LogP) is 2.80. The molecular formula is C16H21N3O. The Morgan fingerprint density at radius 3 is 3.10 bits per heavy atom. The first-order valence-electron chi connectivity index (χ1n) is 7.27. The lowest BCUT2D eigenvalue weighted by atomic mass is 10.1. The number of benzene rings is 1. The molecule has 4 heteroatoms. The maximum absolute atomic E-state index is 5.32. The lowest BCUT2D eigenvalue weighted by Crippen LogP contribution is -2.22. The van der Waals surface area contributed by atoms with E-state index in [2.05, 4.69) is 27.8 Å². The van der Waals surface area contributed by atoms with Crippen LogP contribution in [0.15, 0.2) is 30.5 Å². The van der Waals surface area contributed by atoms with Gasteiger partial charge < -0.3 is 15.4 Å². The highest BCUT2D eigenvalue weighted by atomic mass is 16.5. The number of aromatic nitrogens is 1. The monoisotopic (exact) mass is 271 g/mol. The molecule has 1 aliphatic rings. The Kier molecular flexibility index (Phi) is 4.02. The van der Waals surface area contributed by atoms with Crippen LogP contribution < -0.4 is 15.4 Å². The van der Waals surface area contributed by atoms with Crippen LogP contribution in [-0.2, 0) is 0 Å². The number of nitrogens with one attached hydrogen (secondary N) is 2. The molecule has 20 heavy (non-hydrogen) atoms. The highest BCUT2D eigenvalue weighted by Crippen LogP contribution is 2.26. The molecule has 3 rings (SSSR count). The standard InChI is InChI=1S/C16H21N3O/c1-20-14-5-4-12-6-10-18-16(15(12)11-14)19-13-3-2-8-17-9-7-13/h4-6,10-11,13,17H,2-3,7-9H2,1H3,(H,18,19). The number of fused-ring (bicyclic) bond motifs is 1. The van der Waals surface area contributed by atoms with Crippen LogP contribution in [0.25, 0.3) is 10.8 Å². The number of pyridine rings is 1. The highest BCUT2D eigenvalue weighted by molar-refractivity contribution is 5.92. The summed E-state index contributed by atoms with van der Waals surface area (Å²) in [5, 5.41) is 9.37. The van der Waals surface area contributed by atoms with Crippen molar-refractivity contribution in [3.63, 3.8) is 0 Å². The molecule has 2 heterocycles. The Morgan fingerprint density at radius 2 is 2.20 bits per heavy atom. The van der Waals surface area contributed by atoms with Gasteiger partial charge in [0.1, 0.15) is 11.6 Å². The third-order valence-electron chi connectivity index (χ3n) is 3.89. The van der Waals surface area contributed by atoms with Gasteiger partial charge in [0.25, 0.3) is 0 Å². The summed E-state index contributed by atoms with van der Waals surface area (Å²) in [6.07, 6.45) is 5.41. The Morgan fingerprint density at radius 1 is 1.25 bits per heavy atom. The fourth-order valence-electron chi connectivity index (χ4n) is 2.75. The Hall–Kier alpha value is -1.81. The van der Waals surface area contributed by atoms with E-state index in [-0.39, 0.29) is 0 Å². The van der Waals surface area contributed by atoms with Gasteiger partial charge in [-0.3, -0.25) is 0 Å². The molecule has 1 aromatic carbocycles. The molecule has 0 amide bonds. The molecule has 0 bridgehead atoms. The molecular weight excluding hydrogens is 250 g/mol. The zero-order valence-electron chi connectivity index (χ0n) is 11.9. The topological polar surface area (TPSA) is 46.2 Å². The van der Waals surface area contributed by atoms with Crippen molar-refractivity contribution in [2.45, 2.75) is 25.3 Å². The van der Waals surface area contributed by atoms with Crippen molar-refractivity contribution in [2.24, 2.45) is 0 Å². The van der Waals surface area contributed by atoms with E-state index in [1.807, 2.05) is 18.3 Å². The van der Waals surface area contributed by atoms with Crippen LogP contribution in [0.2, 0.25) is 0 Å². The summed E-state index contributed by atoms with van der Waals surface area (Å²) in [5.74, 6) is 1.84. The molecule has 1 fully saturated rings. The van der Waals surface area contributed by atoms with Gasteiger partial charge in [-0.25, -0.2) is 4.98 Å². The second kappa shape index (κ2) is 6.09. The average molecular weight is 271 g/mol. The third kappa shape index (κ3) is 2.85. The van der Waals surface area contributed by atoms with E-state index in [1.54, 1.807) is 7.11 Å². The summed E-state index contributed by atoms with van der Waals surface area (Å²) < 4.78 is 5.32. The van der Waals surface area contributed by atoms with E-state index in [0.717, 1.165) is 36.5 Å². The van der Waals surface area contributed by atoms with Crippen LogP contribution in [0.3, 0.4) is 0 Å². The fourth-order valence-corrected chi connectivity index (χ4v) is 2.75. The molecule has 1 saturated heterocycles. The summed E-state index contributed by atoms with van der Waals surface area (Å²) in [4.78, 5) is 4.52. The van der Waals surface area contributed by atoms with Crippen molar-refractivity contribution < 1.29 is 4.74 Å². The smallest absolute Gasteiger partial charge is 0.134 e. The van der Waals surface area contributed by atoms with E-state index in [0.29, 0.717) is 6.04 Å². The maximum atomic E-state index is 5.32. The van der Waals surface area contributed by atoms with Crippen molar-refractivity contribution in [2.75, 3.05) is 25.5 Å². The van der Waals surface area contributed by atoms with Crippen LogP contribution in [0, 0.1) is 0 Å². The average Bonchev–Trinajstić information content (AvgIpc) is 2.76. The Labute approximate surface area is 119 Å². The molecule has 2 aromatic rings. The summed E-state index contributed by atoms with van der Waals surface area (Å²) >= 11 is 0. The van der Waals surface area contributed by atoms with E-state index >= 15 is 0 Å². The first kappa shape index (κ1) is 13.2. The van der Waals surface area contributed by atoms with Crippen LogP contribution >= 0.6 is 0 Å². The molecule has 1 atom stereocenters. The fraction of sp³-hybridized carbons (Fsp3) is 0.438. The van der Waals surface area contributed by atoms with Gasteiger partial charge in [-0.15, -0.1) is 0 Å². The number of anilines is 1. The van der Waals surface area contributed by atoms with Gasteiger partial charge in [-0.2, -0.15) is 0 Å². The van der Waals surface area contributed by atoms with Gasteiger partial charge in [0.05, 0.1) is 7.11 Å². The molecule has 0 radical (unpaired) electrons. The van der Waals surface area contributed by atoms with Crippen LogP contribution in [0.1, 0.15) is 19.3 Å². The van der Waals surface area contributed by atoms with E-state index in [4.69, 9.17) is 4.74 Å². The lowest BCUT2D eigenvalue weighted by Gasteiger charge is -2.18. The second-order valence-corrected chi connectivity index (χ2v) is 5.27. The first-order valence-corrected chi connectivity index (χ1v) is 7.27. The number of hydrogen-bond donors (Lipinski definition) is 2. The number of methoxy groups -OCH3 is 1. The summed E-state index contributed by atoms with van der Waals surface area (Å²) in [6.45, 7) is 2.20. The van der Waals surface area contributed by atoms with Gasteiger partial charge in [-0.1, -0.05) is 6.07 Å². The van der Waals surface area contributed by atoms with E-state index in [9.17, 15) is 0 Å². The largest absolute Gasteiger partial charge is 0.497 e. The predicted molar refractivity (Wildman–Crippen MR) is 82.4 cm³/mol. The lowest BCUT2D eigenvalue weighted by molar-refractivity contribution is 0.415. The normalized spacial score (nSPS) is 19.6. The van der Waals surface area contributed by atoms with E-state index in [1.165, 1.54) is 18.2 Å². The highest BCUT2D eigenvalue weighted by Gasteiger charge is 2.13. The van der Waals surface area contributed by atoms with Crippen molar-refractivity contribution in [3.8, 4) is 5.75 Å². The van der Waals surface area contributed by atoms with Gasteiger partial charge >= 0.3 is 0 Å². The van der Waals surface area contributed by atoms with Crippen LogP contribution in [-0.4, -0.2) is 31.2 Å². The van der Waals surface area contributed by atoms with Crippen molar-refractivity contribution >= 4 is 16.6 Å². The zero-order valence-corrected chi connectivity index (χ0v) is 11.9. The number of hydrogen-bond acceptors (Lipinski definition) is 4. The molecule has 0 spiro atoms. The quantitative estimate of drug-likeness (QED) is 0.901. The van der Waals surface area contributed by atoms with Crippen molar-refractivity contribution in [1.29, 1.82) is 0 Å². The first-order chi connectivity index (χ1) is 9.86. The summed E-state index contributed by atoms with van der Waals surface area (Å²) in [6, 6.07) is 8.65. The molecule has 1 aromatic heterocycles. The van der Waals surface area contributed by atoms with Crippen LogP contribution in [0.4, 0.5) is 5.82 Å². The summed E-state index contributed by atoms with van der Waals surface area (Å²) in [5.41, 5.74) is 0. The van der Waals surface area contributed by atoms with Crippen molar-refractivity contribution in [1.82, 2.24) is 10.3 Å². The molecule has 106 valence electrons. The number of ether oxygens (including phenoxy) is 1. The minimum absolute atomic E-state index is 0.495. The second-order valence-electron chi connectivity index (χ2n) is 5.27. The van der Waals surface area contributed by atoms with Crippen molar-refractivity contribution in [3.05, 3.63) is 30.5 Å². The molecule has 1 aliphatic heterocycles. The van der Waals surface area contributed by atoms with Gasteiger partial charge in [0, 0.05) is 17.6 Å². The maximum Gasteiger partial charge on any atom is 0.134 e. The minimum Gasteiger partial charge on any atom is -0.497 e. The van der Waals surface area contributed by atoms with Crippen LogP contribution in [0.5, 0.6) is 5.75 Å². The number of nitrogens with zero attached hydrogens (tertiary/aromatic N) is 1. The molecule has 0 aliphatic carbocycles.